The average molecular weight is 322 g/mol. The number of benzene rings is 1. The summed E-state index contributed by atoms with van der Waals surface area (Å²) in [4.78, 5) is 11.3. The van der Waals surface area contributed by atoms with Gasteiger partial charge < -0.3 is 9.47 Å². The minimum Gasteiger partial charge on any atom is -0.489 e. The molecule has 0 radical (unpaired) electrons. The van der Waals surface area contributed by atoms with Crippen molar-refractivity contribution in [3.8, 4) is 0 Å². The van der Waals surface area contributed by atoms with Crippen molar-refractivity contribution in [1.82, 2.24) is 0 Å². The monoisotopic (exact) mass is 322 g/mol. The van der Waals surface area contributed by atoms with Crippen LogP contribution in [-0.4, -0.2) is 32.9 Å². The van der Waals surface area contributed by atoms with Crippen LogP contribution in [0.5, 0.6) is 0 Å². The van der Waals surface area contributed by atoms with Crippen molar-refractivity contribution in [2.45, 2.75) is 30.1 Å². The molecular weight excluding hydrogens is 304 g/mol. The highest BCUT2D eigenvalue weighted by molar-refractivity contribution is 7.92. The van der Waals surface area contributed by atoms with Crippen LogP contribution in [0.15, 0.2) is 53.1 Å². The number of allylic oxidation sites excluding steroid dienone is 1. The maximum absolute atomic E-state index is 12.7. The molecule has 0 saturated heterocycles. The summed E-state index contributed by atoms with van der Waals surface area (Å²) in [5, 5.41) is -0.785. The van der Waals surface area contributed by atoms with Crippen LogP contribution < -0.4 is 0 Å². The highest BCUT2D eigenvalue weighted by Gasteiger charge is 2.36. The minimum absolute atomic E-state index is 0.257. The Bertz CT molecular complexity index is 713. The SMILES string of the molecule is COC(=O)/C=C/C1=C[C@H](S(=O)(=O)c2ccc(C)cc2)[C@@H](C)O1. The van der Waals surface area contributed by atoms with Crippen LogP contribution in [0.1, 0.15) is 12.5 Å². The van der Waals surface area contributed by atoms with Crippen molar-refractivity contribution in [3.05, 3.63) is 53.8 Å². The van der Waals surface area contributed by atoms with Gasteiger partial charge in [0.15, 0.2) is 9.84 Å². The quantitative estimate of drug-likeness (QED) is 0.627. The first-order chi connectivity index (χ1) is 10.3. The lowest BCUT2D eigenvalue weighted by atomic mass is 10.2. The zero-order valence-corrected chi connectivity index (χ0v) is 13.5. The van der Waals surface area contributed by atoms with Crippen molar-refractivity contribution < 1.29 is 22.7 Å². The first-order valence-corrected chi connectivity index (χ1v) is 8.34. The number of methoxy groups -OCH3 is 1. The maximum Gasteiger partial charge on any atom is 0.330 e. The Hall–Kier alpha value is -2.08. The van der Waals surface area contributed by atoms with Gasteiger partial charge in [0.05, 0.1) is 12.0 Å². The predicted molar refractivity (Wildman–Crippen MR) is 81.9 cm³/mol. The lowest BCUT2D eigenvalue weighted by Crippen LogP contribution is -2.28. The molecule has 0 fully saturated rings. The molecule has 2 rings (SSSR count). The van der Waals surface area contributed by atoms with E-state index < -0.39 is 27.2 Å². The van der Waals surface area contributed by atoms with E-state index in [9.17, 15) is 13.2 Å². The molecule has 0 aliphatic carbocycles. The fourth-order valence-electron chi connectivity index (χ4n) is 2.16. The molecule has 0 unspecified atom stereocenters. The third kappa shape index (κ3) is 3.39. The summed E-state index contributed by atoms with van der Waals surface area (Å²) in [6.07, 6.45) is 3.59. The number of rotatable bonds is 4. The summed E-state index contributed by atoms with van der Waals surface area (Å²) in [7, 11) is -2.27. The maximum atomic E-state index is 12.7. The molecule has 2 atom stereocenters. The molecule has 1 heterocycles. The fourth-order valence-corrected chi connectivity index (χ4v) is 3.86. The van der Waals surface area contributed by atoms with Gasteiger partial charge in [0.1, 0.15) is 17.1 Å². The normalized spacial score (nSPS) is 21.5. The summed E-state index contributed by atoms with van der Waals surface area (Å²) >= 11 is 0. The van der Waals surface area contributed by atoms with Gasteiger partial charge in [0.2, 0.25) is 0 Å². The van der Waals surface area contributed by atoms with E-state index >= 15 is 0 Å². The van der Waals surface area contributed by atoms with Gasteiger partial charge >= 0.3 is 5.97 Å². The zero-order chi connectivity index (χ0) is 16.3. The highest BCUT2D eigenvalue weighted by Crippen LogP contribution is 2.28. The summed E-state index contributed by atoms with van der Waals surface area (Å²) in [5.41, 5.74) is 0.993. The van der Waals surface area contributed by atoms with Gasteiger partial charge in [-0.15, -0.1) is 0 Å². The molecule has 0 aromatic heterocycles. The third-order valence-electron chi connectivity index (χ3n) is 3.41. The number of hydrogen-bond donors (Lipinski definition) is 0. The van der Waals surface area contributed by atoms with Crippen LogP contribution in [0.3, 0.4) is 0 Å². The topological polar surface area (TPSA) is 69.7 Å². The molecule has 0 saturated carbocycles. The lowest BCUT2D eigenvalue weighted by Gasteiger charge is -2.15. The minimum atomic E-state index is -3.53. The molecular formula is C16H18O5S. The van der Waals surface area contributed by atoms with E-state index in [2.05, 4.69) is 4.74 Å². The van der Waals surface area contributed by atoms with Gasteiger partial charge in [-0.25, -0.2) is 13.2 Å². The largest absolute Gasteiger partial charge is 0.489 e. The molecule has 6 heteroatoms. The van der Waals surface area contributed by atoms with E-state index in [4.69, 9.17) is 4.74 Å². The molecule has 0 N–H and O–H groups in total. The van der Waals surface area contributed by atoms with Gasteiger partial charge in [-0.05, 0) is 38.1 Å². The predicted octanol–water partition coefficient (Wildman–Crippen LogP) is 2.17. The first-order valence-electron chi connectivity index (χ1n) is 6.79. The lowest BCUT2D eigenvalue weighted by molar-refractivity contribution is -0.134. The Morgan fingerprint density at radius 1 is 1.27 bits per heavy atom. The fraction of sp³-hybridized carbons (Fsp3) is 0.312. The molecule has 5 nitrogen and oxygen atoms in total. The average Bonchev–Trinajstić information content (AvgIpc) is 2.87. The second-order valence-corrected chi connectivity index (χ2v) is 7.18. The Morgan fingerprint density at radius 3 is 2.50 bits per heavy atom. The van der Waals surface area contributed by atoms with E-state index in [1.807, 2.05) is 6.92 Å². The molecule has 22 heavy (non-hydrogen) atoms. The molecule has 0 amide bonds. The smallest absolute Gasteiger partial charge is 0.330 e. The number of carbonyl (C=O) groups is 1. The van der Waals surface area contributed by atoms with Crippen molar-refractivity contribution >= 4 is 15.8 Å². The Morgan fingerprint density at radius 2 is 1.91 bits per heavy atom. The Labute approximate surface area is 130 Å². The Balaban J connectivity index is 2.27. The molecule has 0 bridgehead atoms. The molecule has 1 aromatic carbocycles. The number of carbonyl (C=O) groups excluding carboxylic acids is 1. The number of hydrogen-bond acceptors (Lipinski definition) is 5. The van der Waals surface area contributed by atoms with Crippen LogP contribution in [0.2, 0.25) is 0 Å². The van der Waals surface area contributed by atoms with Crippen molar-refractivity contribution in [2.24, 2.45) is 0 Å². The van der Waals surface area contributed by atoms with Gasteiger partial charge in [-0.3, -0.25) is 0 Å². The third-order valence-corrected chi connectivity index (χ3v) is 5.57. The van der Waals surface area contributed by atoms with Gasteiger partial charge in [0.25, 0.3) is 0 Å². The van der Waals surface area contributed by atoms with Gasteiger partial charge in [-0.2, -0.15) is 0 Å². The standard InChI is InChI=1S/C16H18O5S/c1-11-4-7-14(8-5-11)22(18,19)15-10-13(21-12(15)2)6-9-16(17)20-3/h4-10,12,15H,1-3H3/b9-6+/t12-,15+/m1/s1. The summed E-state index contributed by atoms with van der Waals surface area (Å²) in [5.74, 6) is -0.180. The summed E-state index contributed by atoms with van der Waals surface area (Å²) < 4.78 is 35.3. The van der Waals surface area contributed by atoms with E-state index in [-0.39, 0.29) is 4.90 Å². The van der Waals surface area contributed by atoms with E-state index in [0.717, 1.165) is 5.56 Å². The number of aryl methyl sites for hydroxylation is 1. The van der Waals surface area contributed by atoms with Crippen LogP contribution >= 0.6 is 0 Å². The van der Waals surface area contributed by atoms with E-state index in [0.29, 0.717) is 5.76 Å². The van der Waals surface area contributed by atoms with Crippen LogP contribution in [-0.2, 0) is 24.1 Å². The van der Waals surface area contributed by atoms with Crippen molar-refractivity contribution in [3.63, 3.8) is 0 Å². The summed E-state index contributed by atoms with van der Waals surface area (Å²) in [6.45, 7) is 3.58. The molecule has 1 aromatic rings. The molecule has 1 aliphatic rings. The van der Waals surface area contributed by atoms with E-state index in [1.165, 1.54) is 25.3 Å². The van der Waals surface area contributed by atoms with Crippen molar-refractivity contribution in [2.75, 3.05) is 7.11 Å². The van der Waals surface area contributed by atoms with Crippen LogP contribution in [0.4, 0.5) is 0 Å². The zero-order valence-electron chi connectivity index (χ0n) is 12.6. The molecule has 1 aliphatic heterocycles. The van der Waals surface area contributed by atoms with Crippen LogP contribution in [0, 0.1) is 6.92 Å². The highest BCUT2D eigenvalue weighted by atomic mass is 32.2. The van der Waals surface area contributed by atoms with Crippen LogP contribution in [0.25, 0.3) is 0 Å². The van der Waals surface area contributed by atoms with Crippen molar-refractivity contribution in [1.29, 1.82) is 0 Å². The van der Waals surface area contributed by atoms with E-state index in [1.54, 1.807) is 31.2 Å². The second kappa shape index (κ2) is 6.36. The number of esters is 1. The Kier molecular flexibility index (Phi) is 4.71. The first kappa shape index (κ1) is 16.3. The molecule has 118 valence electrons. The number of sulfone groups is 1. The summed E-state index contributed by atoms with van der Waals surface area (Å²) in [6, 6.07) is 6.70. The second-order valence-electron chi connectivity index (χ2n) is 5.07. The number of ether oxygens (including phenoxy) is 2. The van der Waals surface area contributed by atoms with Gasteiger partial charge in [-0.1, -0.05) is 17.7 Å². The van der Waals surface area contributed by atoms with Gasteiger partial charge in [0, 0.05) is 6.08 Å². The molecule has 0 spiro atoms.